The quantitative estimate of drug-likeness (QED) is 0.810. The standard InChI is InChI=1S/C16H20N2O2S/c1-16(6-7-17-10-16)15(20)18-9-12(19)14-8-11-4-2-3-5-13(11)21-14/h2-5,8,12,17,19H,6-7,9-10H2,1H3,(H,18,20). The van der Waals surface area contributed by atoms with Crippen LogP contribution < -0.4 is 10.6 Å². The molecule has 2 heterocycles. The normalized spacial score (nSPS) is 23.3. The number of benzene rings is 1. The molecule has 1 aromatic carbocycles. The van der Waals surface area contributed by atoms with Gasteiger partial charge in [0.2, 0.25) is 5.91 Å². The molecule has 2 atom stereocenters. The van der Waals surface area contributed by atoms with E-state index in [1.165, 1.54) is 0 Å². The van der Waals surface area contributed by atoms with Crippen molar-refractivity contribution in [2.24, 2.45) is 5.41 Å². The zero-order chi connectivity index (χ0) is 14.9. The Morgan fingerprint density at radius 3 is 3.05 bits per heavy atom. The van der Waals surface area contributed by atoms with Crippen molar-refractivity contribution in [2.75, 3.05) is 19.6 Å². The molecule has 0 saturated carbocycles. The van der Waals surface area contributed by atoms with Gasteiger partial charge in [-0.25, -0.2) is 0 Å². The number of fused-ring (bicyclic) bond motifs is 1. The molecule has 3 rings (SSSR count). The summed E-state index contributed by atoms with van der Waals surface area (Å²) < 4.78 is 1.16. The summed E-state index contributed by atoms with van der Waals surface area (Å²) in [5.41, 5.74) is -0.347. The van der Waals surface area contributed by atoms with E-state index in [4.69, 9.17) is 0 Å². The molecule has 0 bridgehead atoms. The number of nitrogens with one attached hydrogen (secondary N) is 2. The van der Waals surface area contributed by atoms with Crippen LogP contribution in [-0.4, -0.2) is 30.6 Å². The predicted octanol–water partition coefficient (Wildman–Crippen LogP) is 2.05. The molecule has 1 fully saturated rings. The third kappa shape index (κ3) is 2.95. The van der Waals surface area contributed by atoms with Crippen LogP contribution in [0.1, 0.15) is 24.3 Å². The van der Waals surface area contributed by atoms with Gasteiger partial charge in [-0.05, 0) is 37.4 Å². The number of carbonyl (C=O) groups excluding carboxylic acids is 1. The lowest BCUT2D eigenvalue weighted by atomic mass is 9.89. The molecule has 2 unspecified atom stereocenters. The zero-order valence-electron chi connectivity index (χ0n) is 12.1. The first kappa shape index (κ1) is 14.5. The summed E-state index contributed by atoms with van der Waals surface area (Å²) in [6.07, 6.45) is 0.196. The summed E-state index contributed by atoms with van der Waals surface area (Å²) >= 11 is 1.57. The number of rotatable bonds is 4. The fraction of sp³-hybridized carbons (Fsp3) is 0.438. The maximum Gasteiger partial charge on any atom is 0.227 e. The molecule has 1 aliphatic rings. The first-order valence-corrected chi connectivity index (χ1v) is 8.06. The van der Waals surface area contributed by atoms with Crippen LogP contribution in [0.15, 0.2) is 30.3 Å². The fourth-order valence-electron chi connectivity index (χ4n) is 2.68. The molecule has 5 heteroatoms. The van der Waals surface area contributed by atoms with Gasteiger partial charge in [-0.2, -0.15) is 0 Å². The zero-order valence-corrected chi connectivity index (χ0v) is 12.9. The number of amides is 1. The minimum absolute atomic E-state index is 0.0210. The molecule has 2 aromatic rings. The minimum atomic E-state index is -0.649. The van der Waals surface area contributed by atoms with Gasteiger partial charge in [-0.15, -0.1) is 11.3 Å². The molecule has 0 spiro atoms. The Bertz CT molecular complexity index is 614. The van der Waals surface area contributed by atoms with E-state index in [1.54, 1.807) is 11.3 Å². The maximum absolute atomic E-state index is 12.2. The highest BCUT2D eigenvalue weighted by Gasteiger charge is 2.36. The molecular formula is C16H20N2O2S. The van der Waals surface area contributed by atoms with Gasteiger partial charge >= 0.3 is 0 Å². The Morgan fingerprint density at radius 1 is 1.52 bits per heavy atom. The lowest BCUT2D eigenvalue weighted by molar-refractivity contribution is -0.129. The van der Waals surface area contributed by atoms with Gasteiger partial charge in [0, 0.05) is 22.7 Å². The van der Waals surface area contributed by atoms with E-state index in [9.17, 15) is 9.90 Å². The first-order valence-electron chi connectivity index (χ1n) is 7.24. The molecule has 0 aliphatic carbocycles. The van der Waals surface area contributed by atoms with E-state index < -0.39 is 6.10 Å². The topological polar surface area (TPSA) is 61.4 Å². The van der Waals surface area contributed by atoms with E-state index in [1.807, 2.05) is 37.3 Å². The average molecular weight is 304 g/mol. The van der Waals surface area contributed by atoms with Crippen LogP contribution >= 0.6 is 11.3 Å². The molecule has 4 nitrogen and oxygen atoms in total. The lowest BCUT2D eigenvalue weighted by Gasteiger charge is -2.22. The van der Waals surface area contributed by atoms with Crippen LogP contribution in [0, 0.1) is 5.41 Å². The molecule has 1 aliphatic heterocycles. The minimum Gasteiger partial charge on any atom is -0.386 e. The van der Waals surface area contributed by atoms with Crippen molar-refractivity contribution in [3.05, 3.63) is 35.2 Å². The monoisotopic (exact) mass is 304 g/mol. The third-order valence-corrected chi connectivity index (χ3v) is 5.36. The Balaban J connectivity index is 1.63. The Hall–Kier alpha value is -1.43. The Labute approximate surface area is 128 Å². The molecule has 0 radical (unpaired) electrons. The van der Waals surface area contributed by atoms with E-state index in [-0.39, 0.29) is 17.9 Å². The molecule has 21 heavy (non-hydrogen) atoms. The predicted molar refractivity (Wildman–Crippen MR) is 85.4 cm³/mol. The molecule has 1 saturated heterocycles. The number of hydrogen-bond acceptors (Lipinski definition) is 4. The van der Waals surface area contributed by atoms with Crippen molar-refractivity contribution < 1.29 is 9.90 Å². The number of carbonyl (C=O) groups is 1. The van der Waals surface area contributed by atoms with Crippen molar-refractivity contribution in [3.63, 3.8) is 0 Å². The number of aliphatic hydroxyl groups excluding tert-OH is 1. The highest BCUT2D eigenvalue weighted by atomic mass is 32.1. The highest BCUT2D eigenvalue weighted by Crippen LogP contribution is 2.30. The second kappa shape index (κ2) is 5.75. The summed E-state index contributed by atoms with van der Waals surface area (Å²) in [6, 6.07) is 10.0. The fourth-order valence-corrected chi connectivity index (χ4v) is 3.73. The van der Waals surface area contributed by atoms with Crippen molar-refractivity contribution in [3.8, 4) is 0 Å². The van der Waals surface area contributed by atoms with Crippen LogP contribution in [0.2, 0.25) is 0 Å². The highest BCUT2D eigenvalue weighted by molar-refractivity contribution is 7.19. The number of aliphatic hydroxyl groups is 1. The van der Waals surface area contributed by atoms with Crippen molar-refractivity contribution in [2.45, 2.75) is 19.4 Å². The van der Waals surface area contributed by atoms with E-state index in [0.29, 0.717) is 6.54 Å². The van der Waals surface area contributed by atoms with Crippen molar-refractivity contribution in [1.29, 1.82) is 0 Å². The van der Waals surface area contributed by atoms with Gasteiger partial charge in [0.1, 0.15) is 6.10 Å². The van der Waals surface area contributed by atoms with Gasteiger partial charge in [-0.1, -0.05) is 18.2 Å². The van der Waals surface area contributed by atoms with Gasteiger partial charge < -0.3 is 15.7 Å². The Kier molecular flexibility index (Phi) is 3.97. The van der Waals surface area contributed by atoms with Gasteiger partial charge in [0.25, 0.3) is 0 Å². The molecule has 112 valence electrons. The summed E-state index contributed by atoms with van der Waals surface area (Å²) in [7, 11) is 0. The molecular weight excluding hydrogens is 284 g/mol. The lowest BCUT2D eigenvalue weighted by Crippen LogP contribution is -2.41. The third-order valence-electron chi connectivity index (χ3n) is 4.15. The van der Waals surface area contributed by atoms with Gasteiger partial charge in [0.05, 0.1) is 5.41 Å². The first-order chi connectivity index (χ1) is 10.1. The van der Waals surface area contributed by atoms with Gasteiger partial charge in [-0.3, -0.25) is 4.79 Å². The van der Waals surface area contributed by atoms with Crippen LogP contribution in [0.25, 0.3) is 10.1 Å². The van der Waals surface area contributed by atoms with Gasteiger partial charge in [0.15, 0.2) is 0 Å². The Morgan fingerprint density at radius 2 is 2.33 bits per heavy atom. The summed E-state index contributed by atoms with van der Waals surface area (Å²) in [5, 5.41) is 17.5. The van der Waals surface area contributed by atoms with Crippen LogP contribution in [0.3, 0.4) is 0 Å². The summed E-state index contributed by atoms with van der Waals surface area (Å²) in [5.74, 6) is 0.0210. The van der Waals surface area contributed by atoms with E-state index in [0.717, 1.165) is 27.9 Å². The summed E-state index contributed by atoms with van der Waals surface area (Å²) in [4.78, 5) is 13.1. The van der Waals surface area contributed by atoms with Crippen LogP contribution in [0.4, 0.5) is 0 Å². The maximum atomic E-state index is 12.2. The second-order valence-corrected chi connectivity index (χ2v) is 7.02. The largest absolute Gasteiger partial charge is 0.386 e. The van der Waals surface area contributed by atoms with Crippen LogP contribution in [0.5, 0.6) is 0 Å². The van der Waals surface area contributed by atoms with Crippen molar-refractivity contribution in [1.82, 2.24) is 10.6 Å². The summed E-state index contributed by atoms with van der Waals surface area (Å²) in [6.45, 7) is 3.82. The number of hydrogen-bond donors (Lipinski definition) is 3. The molecule has 1 aromatic heterocycles. The smallest absolute Gasteiger partial charge is 0.227 e. The van der Waals surface area contributed by atoms with Crippen LogP contribution in [-0.2, 0) is 4.79 Å². The second-order valence-electron chi connectivity index (χ2n) is 5.90. The van der Waals surface area contributed by atoms with E-state index in [2.05, 4.69) is 10.6 Å². The molecule has 3 N–H and O–H groups in total. The number of thiophene rings is 1. The van der Waals surface area contributed by atoms with E-state index >= 15 is 0 Å². The average Bonchev–Trinajstić information content (AvgIpc) is 3.11. The van der Waals surface area contributed by atoms with Crippen molar-refractivity contribution >= 4 is 27.3 Å². The SMILES string of the molecule is CC1(C(=O)NCC(O)c2cc3ccccc3s2)CCNC1. The molecule has 1 amide bonds.